The van der Waals surface area contributed by atoms with Gasteiger partial charge in [0.25, 0.3) is 0 Å². The van der Waals surface area contributed by atoms with Gasteiger partial charge >= 0.3 is 0 Å². The van der Waals surface area contributed by atoms with Crippen molar-refractivity contribution >= 4 is 0 Å². The van der Waals surface area contributed by atoms with Crippen LogP contribution in [0.4, 0.5) is 0 Å². The highest BCUT2D eigenvalue weighted by molar-refractivity contribution is 5.14. The molecule has 0 amide bonds. The molecule has 2 rings (SSSR count). The minimum atomic E-state index is 0.957. The van der Waals surface area contributed by atoms with Crippen molar-refractivity contribution in [3.8, 4) is 0 Å². The molecule has 0 spiro atoms. The van der Waals surface area contributed by atoms with Crippen LogP contribution in [0.15, 0.2) is 42.7 Å². The van der Waals surface area contributed by atoms with Gasteiger partial charge in [0.2, 0.25) is 0 Å². The Morgan fingerprint density at radius 1 is 1.25 bits per heavy atom. The molecule has 1 aromatic heterocycles. The maximum absolute atomic E-state index is 4.20. The lowest BCUT2D eigenvalue weighted by Crippen LogP contribution is -2.00. The molecule has 16 heavy (non-hydrogen) atoms. The maximum Gasteiger partial charge on any atom is 0.105 e. The zero-order valence-electron chi connectivity index (χ0n) is 9.63. The van der Waals surface area contributed by atoms with Gasteiger partial charge in [0.15, 0.2) is 0 Å². The molecular weight excluding hydrogens is 196 g/mol. The molecule has 2 nitrogen and oxygen atoms in total. The van der Waals surface area contributed by atoms with Crippen LogP contribution in [0.3, 0.4) is 0 Å². The van der Waals surface area contributed by atoms with E-state index in [2.05, 4.69) is 46.3 Å². The first kappa shape index (κ1) is 10.9. The molecule has 83 valence electrons. The summed E-state index contributed by atoms with van der Waals surface area (Å²) in [6.07, 6.45) is 8.41. The lowest BCUT2D eigenvalue weighted by molar-refractivity contribution is 0.707. The summed E-state index contributed by atoms with van der Waals surface area (Å²) in [4.78, 5) is 4.20. The third kappa shape index (κ3) is 2.96. The standard InChI is InChI=1S/C14H17N2/c1-13-15-10-12-16(13)11-6-5-9-14-7-3-2-4-8-14/h2-4,6-8,10,12H,5,9,11H2,1H3. The molecule has 1 heterocycles. The highest BCUT2D eigenvalue weighted by Crippen LogP contribution is 2.05. The average Bonchev–Trinajstić information content (AvgIpc) is 2.72. The summed E-state index contributed by atoms with van der Waals surface area (Å²) in [5.74, 6) is 1.08. The van der Waals surface area contributed by atoms with Crippen molar-refractivity contribution < 1.29 is 0 Å². The molecule has 0 saturated heterocycles. The third-order valence-electron chi connectivity index (χ3n) is 2.73. The Kier molecular flexibility index (Phi) is 3.76. The van der Waals surface area contributed by atoms with Gasteiger partial charge in [-0.05, 0) is 31.7 Å². The summed E-state index contributed by atoms with van der Waals surface area (Å²) in [5.41, 5.74) is 1.40. The molecule has 0 fully saturated rings. The Morgan fingerprint density at radius 2 is 2.06 bits per heavy atom. The van der Waals surface area contributed by atoms with Crippen molar-refractivity contribution in [2.45, 2.75) is 26.3 Å². The third-order valence-corrected chi connectivity index (χ3v) is 2.73. The van der Waals surface area contributed by atoms with Gasteiger partial charge in [-0.1, -0.05) is 30.3 Å². The number of rotatable bonds is 5. The summed E-state index contributed by atoms with van der Waals surface area (Å²) >= 11 is 0. The molecular formula is C14H17N2. The normalized spacial score (nSPS) is 10.6. The molecule has 2 heteroatoms. The second-order valence-electron chi connectivity index (χ2n) is 3.94. The Balaban J connectivity index is 1.72. The summed E-state index contributed by atoms with van der Waals surface area (Å²) in [6, 6.07) is 10.6. The van der Waals surface area contributed by atoms with Crippen molar-refractivity contribution in [2.24, 2.45) is 0 Å². The Morgan fingerprint density at radius 3 is 2.75 bits per heavy atom. The Hall–Kier alpha value is -1.57. The van der Waals surface area contributed by atoms with Crippen molar-refractivity contribution in [1.29, 1.82) is 0 Å². The van der Waals surface area contributed by atoms with E-state index in [0.29, 0.717) is 0 Å². The number of imidazole rings is 1. The fraction of sp³-hybridized carbons (Fsp3) is 0.286. The van der Waals surface area contributed by atoms with Gasteiger partial charge in [-0.25, -0.2) is 4.98 Å². The van der Waals surface area contributed by atoms with Crippen LogP contribution in [0, 0.1) is 13.3 Å². The van der Waals surface area contributed by atoms with Crippen molar-refractivity contribution in [3.05, 3.63) is 60.5 Å². The van der Waals surface area contributed by atoms with Crippen LogP contribution in [-0.4, -0.2) is 9.55 Å². The number of benzene rings is 1. The van der Waals surface area contributed by atoms with Crippen LogP contribution >= 0.6 is 0 Å². The fourth-order valence-electron chi connectivity index (χ4n) is 1.74. The highest BCUT2D eigenvalue weighted by Gasteiger charge is 1.97. The van der Waals surface area contributed by atoms with E-state index in [-0.39, 0.29) is 0 Å². The van der Waals surface area contributed by atoms with E-state index in [1.807, 2.05) is 19.3 Å². The van der Waals surface area contributed by atoms with Gasteiger partial charge in [0.1, 0.15) is 5.82 Å². The summed E-state index contributed by atoms with van der Waals surface area (Å²) in [6.45, 7) is 2.99. The molecule has 0 saturated carbocycles. The molecule has 0 N–H and O–H groups in total. The summed E-state index contributed by atoms with van der Waals surface area (Å²) in [5, 5.41) is 0. The van der Waals surface area contributed by atoms with E-state index < -0.39 is 0 Å². The molecule has 0 unspecified atom stereocenters. The Labute approximate surface area is 97.0 Å². The van der Waals surface area contributed by atoms with Gasteiger partial charge in [-0.2, -0.15) is 0 Å². The SMILES string of the molecule is Cc1nccn1C[CH]CCc1ccccc1. The minimum absolute atomic E-state index is 0.957. The van der Waals surface area contributed by atoms with Gasteiger partial charge in [-0.3, -0.25) is 0 Å². The van der Waals surface area contributed by atoms with Gasteiger partial charge in [0, 0.05) is 18.9 Å². The summed E-state index contributed by atoms with van der Waals surface area (Å²) in [7, 11) is 0. The quantitative estimate of drug-likeness (QED) is 0.698. The van der Waals surface area contributed by atoms with E-state index in [9.17, 15) is 0 Å². The molecule has 0 aliphatic rings. The molecule has 0 atom stereocenters. The van der Waals surface area contributed by atoms with Crippen LogP contribution < -0.4 is 0 Å². The number of aromatic nitrogens is 2. The van der Waals surface area contributed by atoms with Crippen molar-refractivity contribution in [2.75, 3.05) is 0 Å². The van der Waals surface area contributed by atoms with Gasteiger partial charge in [0.05, 0.1) is 0 Å². The molecule has 0 bridgehead atoms. The first-order valence-electron chi connectivity index (χ1n) is 5.69. The van der Waals surface area contributed by atoms with E-state index in [0.717, 1.165) is 25.2 Å². The average molecular weight is 213 g/mol. The van der Waals surface area contributed by atoms with E-state index in [4.69, 9.17) is 0 Å². The van der Waals surface area contributed by atoms with Crippen molar-refractivity contribution in [1.82, 2.24) is 9.55 Å². The van der Waals surface area contributed by atoms with E-state index >= 15 is 0 Å². The van der Waals surface area contributed by atoms with Crippen LogP contribution in [0.2, 0.25) is 0 Å². The van der Waals surface area contributed by atoms with Gasteiger partial charge in [-0.15, -0.1) is 0 Å². The molecule has 1 radical (unpaired) electrons. The van der Waals surface area contributed by atoms with E-state index in [1.165, 1.54) is 5.56 Å². The first-order valence-corrected chi connectivity index (χ1v) is 5.69. The molecule has 1 aromatic carbocycles. The maximum atomic E-state index is 4.20. The lowest BCUT2D eigenvalue weighted by atomic mass is 10.1. The number of hydrogen-bond acceptors (Lipinski definition) is 1. The van der Waals surface area contributed by atoms with Crippen LogP contribution in [0.25, 0.3) is 0 Å². The number of unbranched alkanes of at least 4 members (excludes halogenated alkanes) is 1. The second-order valence-corrected chi connectivity index (χ2v) is 3.94. The number of nitrogens with zero attached hydrogens (tertiary/aromatic N) is 2. The zero-order valence-corrected chi connectivity index (χ0v) is 9.63. The predicted molar refractivity (Wildman–Crippen MR) is 66.0 cm³/mol. The van der Waals surface area contributed by atoms with Crippen LogP contribution in [-0.2, 0) is 13.0 Å². The second kappa shape index (κ2) is 5.50. The lowest BCUT2D eigenvalue weighted by Gasteiger charge is -2.04. The monoisotopic (exact) mass is 213 g/mol. The fourth-order valence-corrected chi connectivity index (χ4v) is 1.74. The van der Waals surface area contributed by atoms with E-state index in [1.54, 1.807) is 0 Å². The Bertz CT molecular complexity index is 417. The predicted octanol–water partition coefficient (Wildman–Crippen LogP) is 3.03. The molecule has 2 aromatic rings. The first-order chi connectivity index (χ1) is 7.86. The van der Waals surface area contributed by atoms with Crippen LogP contribution in [0.1, 0.15) is 17.8 Å². The summed E-state index contributed by atoms with van der Waals surface area (Å²) < 4.78 is 2.16. The van der Waals surface area contributed by atoms with Crippen LogP contribution in [0.5, 0.6) is 0 Å². The van der Waals surface area contributed by atoms with Crippen molar-refractivity contribution in [3.63, 3.8) is 0 Å². The largest absolute Gasteiger partial charge is 0.335 e. The zero-order chi connectivity index (χ0) is 11.2. The highest BCUT2D eigenvalue weighted by atomic mass is 15.0. The topological polar surface area (TPSA) is 17.8 Å². The number of hydrogen-bond donors (Lipinski definition) is 0. The molecule has 0 aliphatic carbocycles. The minimum Gasteiger partial charge on any atom is -0.335 e. The smallest absolute Gasteiger partial charge is 0.105 e. The van der Waals surface area contributed by atoms with Gasteiger partial charge < -0.3 is 4.57 Å². The molecule has 0 aliphatic heterocycles. The number of aryl methyl sites for hydroxylation is 2.